The quantitative estimate of drug-likeness (QED) is 0.735. The Morgan fingerprint density at radius 3 is 2.53 bits per heavy atom. The molecular formula is C13H21N3O2S. The molecule has 1 heterocycles. The molecule has 2 N–H and O–H groups in total. The lowest BCUT2D eigenvalue weighted by molar-refractivity contribution is 0.239. The van der Waals surface area contributed by atoms with Gasteiger partial charge in [-0.15, -0.1) is 0 Å². The van der Waals surface area contributed by atoms with E-state index in [0.29, 0.717) is 11.4 Å². The third-order valence-corrected chi connectivity index (χ3v) is 4.68. The molecule has 1 fully saturated rings. The monoisotopic (exact) mass is 283 g/mol. The number of hydrogen-bond acceptors (Lipinski definition) is 4. The van der Waals surface area contributed by atoms with Crippen molar-refractivity contribution in [3.8, 4) is 0 Å². The molecule has 2 rings (SSSR count). The Hall–Kier alpha value is -0.950. The minimum Gasteiger partial charge on any atom is -0.314 e. The normalized spacial score (nSPS) is 17.5. The maximum Gasteiger partial charge on any atom is 0.240 e. The van der Waals surface area contributed by atoms with Crippen molar-refractivity contribution in [2.75, 3.05) is 39.3 Å². The van der Waals surface area contributed by atoms with E-state index in [2.05, 4.69) is 14.9 Å². The van der Waals surface area contributed by atoms with Gasteiger partial charge in [0.15, 0.2) is 0 Å². The molecule has 0 aliphatic carbocycles. The van der Waals surface area contributed by atoms with Crippen molar-refractivity contribution in [3.05, 3.63) is 30.3 Å². The highest BCUT2D eigenvalue weighted by Gasteiger charge is 2.13. The van der Waals surface area contributed by atoms with E-state index in [1.165, 1.54) is 0 Å². The van der Waals surface area contributed by atoms with Crippen molar-refractivity contribution in [2.45, 2.75) is 11.3 Å². The summed E-state index contributed by atoms with van der Waals surface area (Å²) in [4.78, 5) is 2.69. The number of hydrogen-bond donors (Lipinski definition) is 2. The summed E-state index contributed by atoms with van der Waals surface area (Å²) < 4.78 is 26.5. The second kappa shape index (κ2) is 7.00. The zero-order valence-corrected chi connectivity index (χ0v) is 11.8. The maximum absolute atomic E-state index is 11.9. The van der Waals surface area contributed by atoms with Gasteiger partial charge in [-0.25, -0.2) is 13.1 Å². The van der Waals surface area contributed by atoms with Crippen molar-refractivity contribution in [2.24, 2.45) is 0 Å². The minimum atomic E-state index is -3.34. The zero-order chi connectivity index (χ0) is 13.6. The van der Waals surface area contributed by atoms with Crippen LogP contribution in [0.1, 0.15) is 6.42 Å². The van der Waals surface area contributed by atoms with Crippen molar-refractivity contribution < 1.29 is 8.42 Å². The van der Waals surface area contributed by atoms with Crippen LogP contribution in [0.4, 0.5) is 0 Å². The largest absolute Gasteiger partial charge is 0.314 e. The van der Waals surface area contributed by atoms with Gasteiger partial charge in [-0.05, 0) is 25.1 Å². The Morgan fingerprint density at radius 2 is 1.84 bits per heavy atom. The molecule has 0 atom stereocenters. The van der Waals surface area contributed by atoms with Crippen molar-refractivity contribution in [3.63, 3.8) is 0 Å². The van der Waals surface area contributed by atoms with Crippen LogP contribution in [0.3, 0.4) is 0 Å². The van der Waals surface area contributed by atoms with Gasteiger partial charge in [0, 0.05) is 32.7 Å². The fourth-order valence-corrected chi connectivity index (χ4v) is 3.22. The lowest BCUT2D eigenvalue weighted by atomic mass is 10.3. The first-order valence-electron chi connectivity index (χ1n) is 6.66. The second-order valence-corrected chi connectivity index (χ2v) is 6.42. The third kappa shape index (κ3) is 4.58. The lowest BCUT2D eigenvalue weighted by Gasteiger charge is -2.27. The van der Waals surface area contributed by atoms with Gasteiger partial charge >= 0.3 is 0 Å². The molecule has 1 saturated heterocycles. The summed E-state index contributed by atoms with van der Waals surface area (Å²) in [6, 6.07) is 8.49. The van der Waals surface area contributed by atoms with Crippen molar-refractivity contribution in [1.29, 1.82) is 0 Å². The molecule has 106 valence electrons. The fourth-order valence-electron chi connectivity index (χ4n) is 2.13. The minimum absolute atomic E-state index is 0.331. The number of nitrogens with one attached hydrogen (secondary N) is 2. The zero-order valence-electron chi connectivity index (χ0n) is 11.0. The molecule has 0 unspecified atom stereocenters. The topological polar surface area (TPSA) is 61.4 Å². The van der Waals surface area contributed by atoms with E-state index in [0.717, 1.165) is 39.1 Å². The summed E-state index contributed by atoms with van der Waals surface area (Å²) in [5.41, 5.74) is 0. The summed E-state index contributed by atoms with van der Waals surface area (Å²) in [5, 5.41) is 3.30. The molecule has 0 spiro atoms. The summed E-state index contributed by atoms with van der Waals surface area (Å²) in [6.07, 6.45) is 0.839. The van der Waals surface area contributed by atoms with Gasteiger partial charge in [-0.1, -0.05) is 18.2 Å². The lowest BCUT2D eigenvalue weighted by Crippen LogP contribution is -2.44. The molecule has 1 aliphatic rings. The van der Waals surface area contributed by atoms with Gasteiger partial charge < -0.3 is 10.2 Å². The second-order valence-electron chi connectivity index (χ2n) is 4.66. The highest BCUT2D eigenvalue weighted by atomic mass is 32.2. The molecule has 0 saturated carbocycles. The predicted molar refractivity (Wildman–Crippen MR) is 75.6 cm³/mol. The Kier molecular flexibility index (Phi) is 5.33. The molecule has 1 aliphatic heterocycles. The van der Waals surface area contributed by atoms with Crippen LogP contribution in [0, 0.1) is 0 Å². The number of sulfonamides is 1. The number of nitrogens with zero attached hydrogens (tertiary/aromatic N) is 1. The average Bonchev–Trinajstić information content (AvgIpc) is 2.46. The van der Waals surface area contributed by atoms with Crippen LogP contribution in [-0.4, -0.2) is 52.6 Å². The van der Waals surface area contributed by atoms with Crippen LogP contribution in [0.5, 0.6) is 0 Å². The molecular weight excluding hydrogens is 262 g/mol. The standard InChI is InChI=1S/C13H21N3O2S/c17-19(18,13-5-2-1-3-6-13)15-7-4-10-16-11-8-14-9-12-16/h1-3,5-6,14-15H,4,7-12H2. The van der Waals surface area contributed by atoms with Crippen molar-refractivity contribution >= 4 is 10.0 Å². The van der Waals surface area contributed by atoms with Crippen molar-refractivity contribution in [1.82, 2.24) is 14.9 Å². The Morgan fingerprint density at radius 1 is 1.16 bits per heavy atom. The van der Waals surface area contributed by atoms with Gasteiger partial charge in [0.25, 0.3) is 0 Å². The highest BCUT2D eigenvalue weighted by molar-refractivity contribution is 7.89. The molecule has 19 heavy (non-hydrogen) atoms. The van der Waals surface area contributed by atoms with Crippen LogP contribution in [0.15, 0.2) is 35.2 Å². The van der Waals surface area contributed by atoms with Gasteiger partial charge in [0.2, 0.25) is 10.0 Å². The third-order valence-electron chi connectivity index (χ3n) is 3.21. The van der Waals surface area contributed by atoms with Gasteiger partial charge in [-0.3, -0.25) is 0 Å². The van der Waals surface area contributed by atoms with Crippen LogP contribution in [-0.2, 0) is 10.0 Å². The van der Waals surface area contributed by atoms with E-state index in [1.807, 2.05) is 6.07 Å². The average molecular weight is 283 g/mol. The predicted octanol–water partition coefficient (Wildman–Crippen LogP) is 0.260. The summed E-state index contributed by atoms with van der Waals surface area (Å²) in [7, 11) is -3.34. The van der Waals surface area contributed by atoms with Crippen LogP contribution in [0.25, 0.3) is 0 Å². The highest BCUT2D eigenvalue weighted by Crippen LogP contribution is 2.06. The van der Waals surface area contributed by atoms with Crippen LogP contribution >= 0.6 is 0 Å². The van der Waals surface area contributed by atoms with E-state index in [9.17, 15) is 8.42 Å². The first kappa shape index (κ1) is 14.5. The molecule has 0 radical (unpaired) electrons. The van der Waals surface area contributed by atoms with Gasteiger partial charge in [0.05, 0.1) is 4.90 Å². The number of rotatable bonds is 6. The van der Waals surface area contributed by atoms with E-state index in [1.54, 1.807) is 24.3 Å². The molecule has 6 heteroatoms. The molecule has 0 bridgehead atoms. The molecule has 5 nitrogen and oxygen atoms in total. The summed E-state index contributed by atoms with van der Waals surface area (Å²) in [6.45, 7) is 5.57. The summed E-state index contributed by atoms with van der Waals surface area (Å²) >= 11 is 0. The smallest absolute Gasteiger partial charge is 0.240 e. The summed E-state index contributed by atoms with van der Waals surface area (Å²) in [5.74, 6) is 0. The Bertz CT molecular complexity index is 470. The first-order valence-corrected chi connectivity index (χ1v) is 8.14. The molecule has 1 aromatic rings. The van der Waals surface area contributed by atoms with Crippen LogP contribution in [0.2, 0.25) is 0 Å². The molecule has 1 aromatic carbocycles. The Labute approximate surface area is 115 Å². The van der Waals surface area contributed by atoms with E-state index < -0.39 is 10.0 Å². The number of piperazine rings is 1. The SMILES string of the molecule is O=S(=O)(NCCCN1CCNCC1)c1ccccc1. The van der Waals surface area contributed by atoms with E-state index in [-0.39, 0.29) is 0 Å². The first-order chi connectivity index (χ1) is 9.18. The van der Waals surface area contributed by atoms with Gasteiger partial charge in [-0.2, -0.15) is 0 Å². The van der Waals surface area contributed by atoms with Crippen LogP contribution < -0.4 is 10.0 Å². The fraction of sp³-hybridized carbons (Fsp3) is 0.538. The van der Waals surface area contributed by atoms with E-state index >= 15 is 0 Å². The molecule has 0 amide bonds. The van der Waals surface area contributed by atoms with Gasteiger partial charge in [0.1, 0.15) is 0 Å². The Balaban J connectivity index is 1.73. The number of benzene rings is 1. The molecule has 0 aromatic heterocycles. The maximum atomic E-state index is 11.9. The van der Waals surface area contributed by atoms with E-state index in [4.69, 9.17) is 0 Å².